The van der Waals surface area contributed by atoms with Gasteiger partial charge in [-0.25, -0.2) is 25.3 Å². The summed E-state index contributed by atoms with van der Waals surface area (Å²) >= 11 is 0. The lowest BCUT2D eigenvalue weighted by molar-refractivity contribution is -0.384. The summed E-state index contributed by atoms with van der Waals surface area (Å²) in [5.41, 5.74) is -0.161. The number of carbonyl (C=O) groups is 1. The summed E-state index contributed by atoms with van der Waals surface area (Å²) in [4.78, 5) is 22.5. The average molecular weight is 873 g/mol. The third-order valence-corrected chi connectivity index (χ3v) is 16.4. The highest BCUT2D eigenvalue weighted by molar-refractivity contribution is 7.90. The molecule has 0 aromatic heterocycles. The minimum Gasteiger partial charge on any atom is -0.493 e. The van der Waals surface area contributed by atoms with Gasteiger partial charge in [0, 0.05) is 96.2 Å². The first kappa shape index (κ1) is 41.2. The lowest BCUT2D eigenvalue weighted by Crippen LogP contribution is -2.41. The van der Waals surface area contributed by atoms with Crippen molar-refractivity contribution in [1.29, 1.82) is 0 Å². The van der Waals surface area contributed by atoms with Gasteiger partial charge in [-0.05, 0) is 30.7 Å². The van der Waals surface area contributed by atoms with Crippen LogP contribution in [-0.2, 0) is 49.1 Å². The molecule has 3 aliphatic heterocycles. The van der Waals surface area contributed by atoms with E-state index in [0.29, 0.717) is 10.8 Å². The zero-order valence-corrected chi connectivity index (χ0v) is 34.1. The molecule has 0 atom stereocenters. The number of benzene rings is 5. The van der Waals surface area contributed by atoms with Crippen LogP contribution >= 0.6 is 0 Å². The van der Waals surface area contributed by atoms with E-state index in [4.69, 9.17) is 23.7 Å². The Labute approximate surface area is 339 Å². The van der Waals surface area contributed by atoms with Gasteiger partial charge in [0.2, 0.25) is 30.1 Å². The van der Waals surface area contributed by atoms with Crippen molar-refractivity contribution in [2.45, 2.75) is 27.5 Å². The fourth-order valence-electron chi connectivity index (χ4n) is 7.62. The summed E-state index contributed by atoms with van der Waals surface area (Å²) in [7, 11) is -12.9. The van der Waals surface area contributed by atoms with E-state index in [0.717, 1.165) is 0 Å². The number of rotatable bonds is 13. The average Bonchev–Trinajstić information content (AvgIpc) is 3.25. The van der Waals surface area contributed by atoms with E-state index in [9.17, 15) is 40.2 Å². The van der Waals surface area contributed by atoms with Crippen molar-refractivity contribution in [1.82, 2.24) is 12.9 Å². The molecule has 0 spiro atoms. The summed E-state index contributed by atoms with van der Waals surface area (Å²) in [5, 5.41) is 12.5. The third kappa shape index (κ3) is 7.82. The van der Waals surface area contributed by atoms with Gasteiger partial charge in [-0.15, -0.1) is 0 Å². The predicted molar refractivity (Wildman–Crippen MR) is 212 cm³/mol. The van der Waals surface area contributed by atoms with Gasteiger partial charge in [0.05, 0.1) is 65.9 Å². The highest BCUT2D eigenvalue weighted by Crippen LogP contribution is 2.46. The highest BCUT2D eigenvalue weighted by atomic mass is 32.2. The first-order chi connectivity index (χ1) is 28.3. The fourth-order valence-corrected chi connectivity index (χ4v) is 12.6. The van der Waals surface area contributed by atoms with Crippen LogP contribution in [0.3, 0.4) is 0 Å². The van der Waals surface area contributed by atoms with E-state index in [1.54, 1.807) is 18.2 Å². The molecule has 5 aromatic carbocycles. The Kier molecular flexibility index (Phi) is 11.5. The molecule has 21 heteroatoms. The van der Waals surface area contributed by atoms with E-state index in [-0.39, 0.29) is 152 Å². The molecule has 314 valence electrons. The van der Waals surface area contributed by atoms with E-state index in [1.165, 1.54) is 55.4 Å². The summed E-state index contributed by atoms with van der Waals surface area (Å²) in [6.45, 7) is 1.27. The number of hydrogen-bond acceptors (Lipinski definition) is 14. The lowest BCUT2D eigenvalue weighted by atomic mass is 9.93. The van der Waals surface area contributed by atoms with E-state index >= 15 is 0 Å². The molecular formula is C38H40N4O14S3. The van der Waals surface area contributed by atoms with Crippen molar-refractivity contribution in [3.05, 3.63) is 70.8 Å². The predicted octanol–water partition coefficient (Wildman–Crippen LogP) is 3.32. The van der Waals surface area contributed by atoms with Crippen LogP contribution in [0.4, 0.5) is 5.69 Å². The Morgan fingerprint density at radius 1 is 0.610 bits per heavy atom. The van der Waals surface area contributed by atoms with Gasteiger partial charge in [-0.2, -0.15) is 12.9 Å². The zero-order valence-electron chi connectivity index (χ0n) is 31.6. The Morgan fingerprint density at radius 3 is 1.46 bits per heavy atom. The molecule has 3 heterocycles. The molecule has 8 rings (SSSR count). The second-order valence-corrected chi connectivity index (χ2v) is 19.8. The number of morpholine rings is 3. The molecule has 0 bridgehead atoms. The number of ether oxygens (including phenoxy) is 5. The van der Waals surface area contributed by atoms with Crippen molar-refractivity contribution in [2.24, 2.45) is 0 Å². The molecule has 59 heavy (non-hydrogen) atoms. The first-order valence-electron chi connectivity index (χ1n) is 18.9. The van der Waals surface area contributed by atoms with Gasteiger partial charge >= 0.3 is 5.97 Å². The number of nitro groups is 1. The van der Waals surface area contributed by atoms with Gasteiger partial charge in [0.15, 0.2) is 0 Å². The molecule has 0 N–H and O–H groups in total. The van der Waals surface area contributed by atoms with Crippen LogP contribution < -0.4 is 9.47 Å². The number of non-ortho nitro benzene ring substituents is 1. The first-order valence-corrected chi connectivity index (χ1v) is 23.2. The van der Waals surface area contributed by atoms with Crippen LogP contribution in [0.1, 0.15) is 12.8 Å². The minimum absolute atomic E-state index is 0.0528. The van der Waals surface area contributed by atoms with Gasteiger partial charge < -0.3 is 23.7 Å². The normalized spacial score (nSPS) is 18.1. The monoisotopic (exact) mass is 872 g/mol. The van der Waals surface area contributed by atoms with Crippen molar-refractivity contribution < 1.29 is 58.7 Å². The molecule has 0 radical (unpaired) electrons. The van der Waals surface area contributed by atoms with Crippen molar-refractivity contribution in [3.8, 4) is 11.5 Å². The van der Waals surface area contributed by atoms with Crippen molar-refractivity contribution in [2.75, 3.05) is 85.5 Å². The fraction of sp³-hybridized carbons (Fsp3) is 0.395. The Hall–Kier alpha value is -4.58. The summed E-state index contributed by atoms with van der Waals surface area (Å²) < 4.78 is 119. The van der Waals surface area contributed by atoms with Crippen LogP contribution in [0.15, 0.2) is 75.4 Å². The quantitative estimate of drug-likeness (QED) is 0.0414. The van der Waals surface area contributed by atoms with Crippen LogP contribution in [0.25, 0.3) is 32.3 Å². The smallest absolute Gasteiger partial charge is 0.311 e. The van der Waals surface area contributed by atoms with Gasteiger partial charge in [-0.3, -0.25) is 14.9 Å². The molecule has 3 saturated heterocycles. The number of sulfonamides is 3. The maximum atomic E-state index is 14.5. The minimum atomic E-state index is -4.32. The molecule has 18 nitrogen and oxygen atoms in total. The summed E-state index contributed by atoms with van der Waals surface area (Å²) in [6.07, 6.45) is 0.0104. The summed E-state index contributed by atoms with van der Waals surface area (Å²) in [5.74, 6) is -0.394. The summed E-state index contributed by atoms with van der Waals surface area (Å²) in [6, 6.07) is 13.9. The molecule has 0 unspecified atom stereocenters. The number of hydrogen-bond donors (Lipinski definition) is 0. The lowest BCUT2D eigenvalue weighted by Gasteiger charge is -2.30. The van der Waals surface area contributed by atoms with Crippen LogP contribution in [0.5, 0.6) is 11.5 Å². The third-order valence-electron chi connectivity index (χ3n) is 10.6. The van der Waals surface area contributed by atoms with Gasteiger partial charge in [-0.1, -0.05) is 18.2 Å². The highest BCUT2D eigenvalue weighted by Gasteiger charge is 2.36. The maximum Gasteiger partial charge on any atom is 0.311 e. The molecule has 0 aliphatic carbocycles. The van der Waals surface area contributed by atoms with Crippen molar-refractivity contribution >= 4 is 74.0 Å². The number of nitrogens with zero attached hydrogens (tertiary/aromatic N) is 4. The molecule has 5 aromatic rings. The van der Waals surface area contributed by atoms with Crippen LogP contribution in [-0.4, -0.2) is 135 Å². The van der Waals surface area contributed by atoms with E-state index in [1.807, 2.05) is 0 Å². The Balaban J connectivity index is 1.26. The van der Waals surface area contributed by atoms with E-state index < -0.39 is 41.0 Å². The molecular weight excluding hydrogens is 833 g/mol. The second-order valence-electron chi connectivity index (χ2n) is 14.0. The molecule has 0 amide bonds. The maximum absolute atomic E-state index is 14.5. The van der Waals surface area contributed by atoms with Crippen LogP contribution in [0.2, 0.25) is 0 Å². The second kappa shape index (κ2) is 16.5. The van der Waals surface area contributed by atoms with Crippen LogP contribution in [0, 0.1) is 10.1 Å². The van der Waals surface area contributed by atoms with Gasteiger partial charge in [0.1, 0.15) is 11.5 Å². The molecule has 3 fully saturated rings. The standard InChI is InChI=1S/C38H40N4O14S3/c43-36(56-27-5-3-26(4-6-27)42(44)45)2-1-17-55-32-24-33(57(46,47)39-11-18-52-19-12-39)29-9-10-31-35(59(50,51)41-15-22-54-23-16-41)25-34(30-8-7-28(32)37(29)38(30)31)58(48,49)40-13-20-53-21-14-40/h3-10,24-25H,1-2,11-23H2. The largest absolute Gasteiger partial charge is 0.493 e. The van der Waals surface area contributed by atoms with E-state index in [2.05, 4.69) is 0 Å². The number of esters is 1. The molecule has 3 aliphatic rings. The number of nitro benzene ring substituents is 1. The van der Waals surface area contributed by atoms with Gasteiger partial charge in [0.25, 0.3) is 5.69 Å². The SMILES string of the molecule is O=C(CCCOc1cc(S(=O)(=O)N2CCOCC2)c2ccc3c(S(=O)(=O)N4CCOCC4)cc(S(=O)(=O)N4CCOCC4)c4ccc1c2c43)Oc1ccc([N+](=O)[O-])cc1. The Bertz CT molecular complexity index is 2680. The van der Waals surface area contributed by atoms with Crippen molar-refractivity contribution in [3.63, 3.8) is 0 Å². The molecule has 0 saturated carbocycles. The zero-order chi connectivity index (χ0) is 41.5. The topological polar surface area (TPSA) is 218 Å². The number of carbonyl (C=O) groups excluding carboxylic acids is 1. The Morgan fingerprint density at radius 2 is 1.02 bits per heavy atom.